The third kappa shape index (κ3) is 8.03. The number of sulfonamides is 1. The molecule has 2 amide bonds. The van der Waals surface area contributed by atoms with Crippen LogP contribution >= 0.6 is 23.2 Å². The van der Waals surface area contributed by atoms with Crippen LogP contribution in [0.3, 0.4) is 0 Å². The molecule has 0 radical (unpaired) electrons. The fourth-order valence-electron chi connectivity index (χ4n) is 4.22. The lowest BCUT2D eigenvalue weighted by Crippen LogP contribution is -2.52. The van der Waals surface area contributed by atoms with Gasteiger partial charge in [-0.25, -0.2) is 8.42 Å². The van der Waals surface area contributed by atoms with Gasteiger partial charge in [0.05, 0.1) is 10.6 Å². The molecule has 41 heavy (non-hydrogen) atoms. The number of anilines is 1. The number of benzene rings is 3. The Labute approximate surface area is 253 Å². The third-order valence-electron chi connectivity index (χ3n) is 7.05. The van der Waals surface area contributed by atoms with Crippen molar-refractivity contribution < 1.29 is 18.0 Å². The molecular weight excluding hydrogens is 581 g/mol. The first kappa shape index (κ1) is 32.4. The van der Waals surface area contributed by atoms with Crippen LogP contribution in [0.1, 0.15) is 49.4 Å². The Hall–Kier alpha value is -3.07. The van der Waals surface area contributed by atoms with Gasteiger partial charge in [-0.3, -0.25) is 13.9 Å². The first-order chi connectivity index (χ1) is 19.2. The van der Waals surface area contributed by atoms with E-state index in [2.05, 4.69) is 5.32 Å². The summed E-state index contributed by atoms with van der Waals surface area (Å²) >= 11 is 12.5. The van der Waals surface area contributed by atoms with Gasteiger partial charge < -0.3 is 10.2 Å². The van der Waals surface area contributed by atoms with Gasteiger partial charge in [-0.05, 0) is 88.1 Å². The Kier molecular flexibility index (Phi) is 10.9. The minimum Gasteiger partial charge on any atom is -0.352 e. The molecule has 0 saturated carbocycles. The minimum atomic E-state index is -4.15. The zero-order valence-corrected chi connectivity index (χ0v) is 26.6. The molecule has 3 aromatic rings. The highest BCUT2D eigenvalue weighted by atomic mass is 35.5. The number of hydrogen-bond acceptors (Lipinski definition) is 4. The summed E-state index contributed by atoms with van der Waals surface area (Å²) in [5.41, 5.74) is 3.40. The van der Waals surface area contributed by atoms with Gasteiger partial charge in [0.2, 0.25) is 11.8 Å². The largest absolute Gasteiger partial charge is 0.352 e. The van der Waals surface area contributed by atoms with Gasteiger partial charge in [0, 0.05) is 22.6 Å². The van der Waals surface area contributed by atoms with E-state index in [1.165, 1.54) is 17.0 Å². The Morgan fingerprint density at radius 1 is 0.902 bits per heavy atom. The van der Waals surface area contributed by atoms with E-state index in [4.69, 9.17) is 23.2 Å². The number of rotatable bonds is 11. The molecular formula is C31H37Cl2N3O4S. The van der Waals surface area contributed by atoms with Crippen molar-refractivity contribution in [2.75, 3.05) is 10.8 Å². The molecule has 0 aliphatic heterocycles. The molecule has 0 fully saturated rings. The minimum absolute atomic E-state index is 0.0187. The summed E-state index contributed by atoms with van der Waals surface area (Å²) in [5.74, 6) is -0.906. The quantitative estimate of drug-likeness (QED) is 0.268. The van der Waals surface area contributed by atoms with Gasteiger partial charge in [-0.15, -0.1) is 0 Å². The van der Waals surface area contributed by atoms with Gasteiger partial charge in [-0.1, -0.05) is 66.0 Å². The predicted octanol–water partition coefficient (Wildman–Crippen LogP) is 6.45. The summed E-state index contributed by atoms with van der Waals surface area (Å²) in [5, 5.41) is 3.69. The van der Waals surface area contributed by atoms with E-state index in [1.807, 2.05) is 39.8 Å². The molecule has 3 aromatic carbocycles. The Morgan fingerprint density at radius 3 is 2.15 bits per heavy atom. The van der Waals surface area contributed by atoms with Crippen molar-refractivity contribution in [3.8, 4) is 0 Å². The first-order valence-electron chi connectivity index (χ1n) is 13.4. The Morgan fingerprint density at radius 2 is 1.54 bits per heavy atom. The molecule has 0 unspecified atom stereocenters. The predicted molar refractivity (Wildman–Crippen MR) is 166 cm³/mol. The molecule has 7 nitrogen and oxygen atoms in total. The van der Waals surface area contributed by atoms with Crippen LogP contribution in [0.15, 0.2) is 65.6 Å². The molecule has 220 valence electrons. The smallest absolute Gasteiger partial charge is 0.264 e. The number of halogens is 2. The zero-order chi connectivity index (χ0) is 30.5. The summed E-state index contributed by atoms with van der Waals surface area (Å²) in [6, 6.07) is 15.8. The van der Waals surface area contributed by atoms with Gasteiger partial charge in [0.25, 0.3) is 10.0 Å². The van der Waals surface area contributed by atoms with E-state index in [9.17, 15) is 18.0 Å². The lowest BCUT2D eigenvalue weighted by atomic mass is 10.1. The highest BCUT2D eigenvalue weighted by molar-refractivity contribution is 7.92. The lowest BCUT2D eigenvalue weighted by molar-refractivity contribution is -0.139. The highest BCUT2D eigenvalue weighted by Gasteiger charge is 2.33. The maximum atomic E-state index is 14.1. The van der Waals surface area contributed by atoms with Crippen molar-refractivity contribution in [3.63, 3.8) is 0 Å². The zero-order valence-electron chi connectivity index (χ0n) is 24.2. The number of carbonyl (C=O) groups is 2. The number of nitrogens with one attached hydrogen (secondary N) is 1. The van der Waals surface area contributed by atoms with Gasteiger partial charge in [-0.2, -0.15) is 0 Å². The van der Waals surface area contributed by atoms with Crippen molar-refractivity contribution in [2.24, 2.45) is 0 Å². The van der Waals surface area contributed by atoms with E-state index in [1.54, 1.807) is 50.2 Å². The summed E-state index contributed by atoms with van der Waals surface area (Å²) < 4.78 is 29.2. The van der Waals surface area contributed by atoms with Crippen LogP contribution in [0, 0.1) is 20.8 Å². The summed E-state index contributed by atoms with van der Waals surface area (Å²) in [6.45, 7) is 10.4. The van der Waals surface area contributed by atoms with Crippen LogP contribution in [0.4, 0.5) is 5.69 Å². The monoisotopic (exact) mass is 617 g/mol. The van der Waals surface area contributed by atoms with Gasteiger partial charge in [0.1, 0.15) is 12.6 Å². The fourth-order valence-corrected chi connectivity index (χ4v) is 6.16. The number of amides is 2. The Bertz CT molecular complexity index is 1510. The fraction of sp³-hybridized carbons (Fsp3) is 0.355. The van der Waals surface area contributed by atoms with Crippen molar-refractivity contribution in [2.45, 2.75) is 71.5 Å². The van der Waals surface area contributed by atoms with Crippen LogP contribution in [-0.2, 0) is 26.2 Å². The van der Waals surface area contributed by atoms with Crippen molar-refractivity contribution >= 4 is 50.7 Å². The number of aryl methyl sites for hydroxylation is 3. The SMILES string of the molecule is CC[C@H](C)NC(=O)[C@@H](C)N(Cc1ccc(Cl)cc1Cl)C(=O)CN(c1cc(C)ccc1C)S(=O)(=O)c1ccc(C)cc1. The topological polar surface area (TPSA) is 86.8 Å². The van der Waals surface area contributed by atoms with Crippen LogP contribution in [0.25, 0.3) is 0 Å². The Balaban J connectivity index is 2.09. The average molecular weight is 619 g/mol. The highest BCUT2D eigenvalue weighted by Crippen LogP contribution is 2.29. The average Bonchev–Trinajstić information content (AvgIpc) is 2.92. The van der Waals surface area contributed by atoms with Crippen molar-refractivity contribution in [3.05, 3.63) is 93.0 Å². The molecule has 0 aromatic heterocycles. The number of carbonyl (C=O) groups excluding carboxylic acids is 2. The molecule has 0 aliphatic carbocycles. The summed E-state index contributed by atoms with van der Waals surface area (Å²) in [7, 11) is -4.15. The molecule has 2 atom stereocenters. The standard InChI is InChI=1S/C31H37Cl2N3O4S/c1-7-23(5)34-31(38)24(6)35(18-25-12-13-26(32)17-28(25)33)30(37)19-36(29-16-21(3)8-11-22(29)4)41(39,40)27-14-9-20(2)10-15-27/h8-17,23-24H,7,18-19H2,1-6H3,(H,34,38)/t23-,24+/m0/s1. The van der Waals surface area contributed by atoms with E-state index >= 15 is 0 Å². The van der Waals surface area contributed by atoms with Crippen molar-refractivity contribution in [1.82, 2.24) is 10.2 Å². The molecule has 3 rings (SSSR count). The van der Waals surface area contributed by atoms with Crippen LogP contribution < -0.4 is 9.62 Å². The lowest BCUT2D eigenvalue weighted by Gasteiger charge is -2.33. The summed E-state index contributed by atoms with van der Waals surface area (Å²) in [6.07, 6.45) is 0.713. The van der Waals surface area contributed by atoms with Crippen LogP contribution in [-0.4, -0.2) is 43.8 Å². The maximum absolute atomic E-state index is 14.1. The van der Waals surface area contributed by atoms with Crippen LogP contribution in [0.5, 0.6) is 0 Å². The van der Waals surface area contributed by atoms with E-state index in [0.29, 0.717) is 33.3 Å². The van der Waals surface area contributed by atoms with Crippen LogP contribution in [0.2, 0.25) is 10.0 Å². The van der Waals surface area contributed by atoms with E-state index < -0.39 is 28.5 Å². The van der Waals surface area contributed by atoms with E-state index in [0.717, 1.165) is 15.4 Å². The second-order valence-electron chi connectivity index (χ2n) is 10.4. The molecule has 10 heteroatoms. The van der Waals surface area contributed by atoms with E-state index in [-0.39, 0.29) is 23.4 Å². The second kappa shape index (κ2) is 13.7. The molecule has 0 bridgehead atoms. The summed E-state index contributed by atoms with van der Waals surface area (Å²) in [4.78, 5) is 28.7. The molecule has 0 spiro atoms. The number of hydrogen-bond donors (Lipinski definition) is 1. The molecule has 0 aliphatic rings. The molecule has 1 N–H and O–H groups in total. The number of nitrogens with zero attached hydrogens (tertiary/aromatic N) is 2. The second-order valence-corrected chi connectivity index (χ2v) is 13.1. The maximum Gasteiger partial charge on any atom is 0.264 e. The normalized spacial score (nSPS) is 12.9. The van der Waals surface area contributed by atoms with Gasteiger partial charge in [0.15, 0.2) is 0 Å². The first-order valence-corrected chi connectivity index (χ1v) is 15.6. The molecule has 0 heterocycles. The molecule has 0 saturated heterocycles. The van der Waals surface area contributed by atoms with Gasteiger partial charge >= 0.3 is 0 Å². The van der Waals surface area contributed by atoms with Crippen molar-refractivity contribution in [1.29, 1.82) is 0 Å². The third-order valence-corrected chi connectivity index (χ3v) is 9.41.